The van der Waals surface area contributed by atoms with Crippen LogP contribution in [0.1, 0.15) is 33.6 Å². The van der Waals surface area contributed by atoms with Gasteiger partial charge in [0.25, 0.3) is 0 Å². The van der Waals surface area contributed by atoms with E-state index in [-0.39, 0.29) is 12.1 Å². The maximum Gasteiger partial charge on any atom is 0.410 e. The van der Waals surface area contributed by atoms with E-state index in [1.165, 1.54) is 0 Å². The number of rotatable bonds is 0. The van der Waals surface area contributed by atoms with E-state index in [1.54, 1.807) is 0 Å². The Morgan fingerprint density at radius 1 is 1.40 bits per heavy atom. The number of amides is 1. The van der Waals surface area contributed by atoms with Crippen LogP contribution in [0.25, 0.3) is 0 Å². The highest BCUT2D eigenvalue weighted by molar-refractivity contribution is 5.69. The van der Waals surface area contributed by atoms with E-state index in [0.717, 1.165) is 19.4 Å². The number of carbonyl (C=O) groups excluding carboxylic acids is 1. The summed E-state index contributed by atoms with van der Waals surface area (Å²) < 4.78 is 5.36. The molecule has 2 aliphatic rings. The van der Waals surface area contributed by atoms with Gasteiger partial charge in [0.2, 0.25) is 0 Å². The summed E-state index contributed by atoms with van der Waals surface area (Å²) >= 11 is 0. The van der Waals surface area contributed by atoms with Gasteiger partial charge in [-0.15, -0.1) is 0 Å². The van der Waals surface area contributed by atoms with Crippen LogP contribution < -0.4 is 5.73 Å². The summed E-state index contributed by atoms with van der Waals surface area (Å²) in [5.41, 5.74) is 5.53. The van der Waals surface area contributed by atoms with E-state index in [1.807, 2.05) is 25.7 Å². The molecule has 0 aromatic heterocycles. The number of ether oxygens (including phenoxy) is 1. The second-order valence-electron chi connectivity index (χ2n) is 5.68. The second-order valence-corrected chi connectivity index (χ2v) is 5.68. The van der Waals surface area contributed by atoms with E-state index in [2.05, 4.69) is 0 Å². The molecule has 4 nitrogen and oxygen atoms in total. The minimum Gasteiger partial charge on any atom is -0.444 e. The third kappa shape index (κ3) is 2.09. The number of fused-ring (bicyclic) bond motifs is 2. The Morgan fingerprint density at radius 3 is 2.47 bits per heavy atom. The van der Waals surface area contributed by atoms with E-state index in [9.17, 15) is 4.79 Å². The maximum atomic E-state index is 11.8. The average Bonchev–Trinajstić information content (AvgIpc) is 2.58. The van der Waals surface area contributed by atoms with Gasteiger partial charge in [0.05, 0.1) is 0 Å². The third-order valence-corrected chi connectivity index (χ3v) is 3.22. The molecule has 2 unspecified atom stereocenters. The zero-order valence-electron chi connectivity index (χ0n) is 9.69. The Bertz CT molecular complexity index is 270. The molecular weight excluding hydrogens is 192 g/mol. The lowest BCUT2D eigenvalue weighted by Crippen LogP contribution is -2.46. The zero-order chi connectivity index (χ0) is 11.2. The van der Waals surface area contributed by atoms with Crippen LogP contribution in [0.4, 0.5) is 4.79 Å². The predicted molar refractivity (Wildman–Crippen MR) is 57.4 cm³/mol. The average molecular weight is 212 g/mol. The van der Waals surface area contributed by atoms with Crippen LogP contribution in [0.3, 0.4) is 0 Å². The molecule has 1 aliphatic heterocycles. The molecule has 1 saturated carbocycles. The first kappa shape index (κ1) is 10.7. The summed E-state index contributed by atoms with van der Waals surface area (Å²) in [5, 5.41) is 0. The van der Waals surface area contributed by atoms with Crippen molar-refractivity contribution in [2.75, 3.05) is 6.54 Å². The fourth-order valence-corrected chi connectivity index (χ4v) is 2.54. The van der Waals surface area contributed by atoms with Crippen LogP contribution in [-0.4, -0.2) is 35.2 Å². The number of hydrogen-bond donors (Lipinski definition) is 1. The van der Waals surface area contributed by atoms with Gasteiger partial charge in [-0.2, -0.15) is 0 Å². The van der Waals surface area contributed by atoms with Crippen LogP contribution in [0, 0.1) is 5.92 Å². The van der Waals surface area contributed by atoms with Crippen molar-refractivity contribution >= 4 is 6.09 Å². The maximum absolute atomic E-state index is 11.8. The lowest BCUT2D eigenvalue weighted by molar-refractivity contribution is 0.0183. The van der Waals surface area contributed by atoms with Crippen LogP contribution in [0.5, 0.6) is 0 Å². The van der Waals surface area contributed by atoms with Crippen molar-refractivity contribution < 1.29 is 9.53 Å². The molecule has 0 radical (unpaired) electrons. The highest BCUT2D eigenvalue weighted by atomic mass is 16.6. The smallest absolute Gasteiger partial charge is 0.410 e. The molecule has 1 saturated heterocycles. The SMILES string of the molecule is CC(C)(C)OC(=O)N1CC2CC1C[C@@H]2N. The second kappa shape index (κ2) is 3.37. The van der Waals surface area contributed by atoms with Crippen LogP contribution >= 0.6 is 0 Å². The summed E-state index contributed by atoms with van der Waals surface area (Å²) in [4.78, 5) is 13.7. The largest absolute Gasteiger partial charge is 0.444 e. The third-order valence-electron chi connectivity index (χ3n) is 3.22. The van der Waals surface area contributed by atoms with Crippen molar-refractivity contribution in [1.29, 1.82) is 0 Å². The van der Waals surface area contributed by atoms with Crippen LogP contribution in [-0.2, 0) is 4.74 Å². The van der Waals surface area contributed by atoms with Crippen molar-refractivity contribution in [1.82, 2.24) is 4.90 Å². The van der Waals surface area contributed by atoms with Crippen molar-refractivity contribution in [3.8, 4) is 0 Å². The molecule has 2 bridgehead atoms. The Hall–Kier alpha value is -0.770. The van der Waals surface area contributed by atoms with Gasteiger partial charge in [0, 0.05) is 18.6 Å². The first-order valence-corrected chi connectivity index (χ1v) is 5.62. The number of piperidine rings is 1. The monoisotopic (exact) mass is 212 g/mol. The molecule has 1 heterocycles. The van der Waals surface area contributed by atoms with Gasteiger partial charge in [-0.25, -0.2) is 4.79 Å². The summed E-state index contributed by atoms with van der Waals surface area (Å²) in [6.45, 7) is 6.46. The highest BCUT2D eigenvalue weighted by Crippen LogP contribution is 2.37. The van der Waals surface area contributed by atoms with Gasteiger partial charge in [-0.05, 0) is 39.5 Å². The molecule has 1 aliphatic carbocycles. The van der Waals surface area contributed by atoms with Gasteiger partial charge in [0.1, 0.15) is 5.60 Å². The lowest BCUT2D eigenvalue weighted by atomic mass is 10.0. The molecule has 0 aromatic carbocycles. The Morgan fingerprint density at radius 2 is 2.07 bits per heavy atom. The topological polar surface area (TPSA) is 55.6 Å². The minimum absolute atomic E-state index is 0.179. The van der Waals surface area contributed by atoms with Crippen LogP contribution in [0.15, 0.2) is 0 Å². The van der Waals surface area contributed by atoms with Crippen molar-refractivity contribution in [2.24, 2.45) is 11.7 Å². The summed E-state index contributed by atoms with van der Waals surface area (Å²) in [7, 11) is 0. The Balaban J connectivity index is 1.94. The number of nitrogens with two attached hydrogens (primary N) is 1. The fourth-order valence-electron chi connectivity index (χ4n) is 2.54. The summed E-state index contributed by atoms with van der Waals surface area (Å²) in [6.07, 6.45) is 1.81. The van der Waals surface area contributed by atoms with E-state index >= 15 is 0 Å². The molecule has 0 spiro atoms. The number of hydrogen-bond acceptors (Lipinski definition) is 3. The molecular formula is C11H20N2O2. The molecule has 2 rings (SSSR count). The number of carbonyl (C=O) groups is 1. The lowest BCUT2D eigenvalue weighted by Gasteiger charge is -2.31. The molecule has 4 heteroatoms. The van der Waals surface area contributed by atoms with E-state index < -0.39 is 5.60 Å². The molecule has 2 fully saturated rings. The van der Waals surface area contributed by atoms with Gasteiger partial charge < -0.3 is 15.4 Å². The highest BCUT2D eigenvalue weighted by Gasteiger charge is 2.46. The molecule has 1 amide bonds. The normalized spacial score (nSPS) is 34.7. The molecule has 15 heavy (non-hydrogen) atoms. The van der Waals surface area contributed by atoms with Gasteiger partial charge in [-0.1, -0.05) is 0 Å². The number of nitrogens with zero attached hydrogens (tertiary/aromatic N) is 1. The van der Waals surface area contributed by atoms with Gasteiger partial charge in [0.15, 0.2) is 0 Å². The quantitative estimate of drug-likeness (QED) is 0.659. The zero-order valence-corrected chi connectivity index (χ0v) is 9.69. The fraction of sp³-hybridized carbons (Fsp3) is 0.909. The predicted octanol–water partition coefficient (Wildman–Crippen LogP) is 1.34. The van der Waals surface area contributed by atoms with Crippen molar-refractivity contribution in [2.45, 2.75) is 51.3 Å². The number of likely N-dealkylation sites (tertiary alicyclic amines) is 1. The van der Waals surface area contributed by atoms with Gasteiger partial charge in [-0.3, -0.25) is 0 Å². The van der Waals surface area contributed by atoms with Crippen LogP contribution in [0.2, 0.25) is 0 Å². The van der Waals surface area contributed by atoms with Gasteiger partial charge >= 0.3 is 6.09 Å². The van der Waals surface area contributed by atoms with Crippen molar-refractivity contribution in [3.63, 3.8) is 0 Å². The molecule has 86 valence electrons. The molecule has 3 atom stereocenters. The van der Waals surface area contributed by atoms with E-state index in [0.29, 0.717) is 12.0 Å². The minimum atomic E-state index is -0.402. The summed E-state index contributed by atoms with van der Waals surface area (Å²) in [5.74, 6) is 0.488. The standard InChI is InChI=1S/C11H20N2O2/c1-11(2,3)15-10(14)13-6-7-4-8(13)5-9(7)12/h7-9H,4-6,12H2,1-3H3/t7?,8?,9-/m0/s1. The molecule has 2 N–H and O–H groups in total. The van der Waals surface area contributed by atoms with Crippen molar-refractivity contribution in [3.05, 3.63) is 0 Å². The first-order valence-electron chi connectivity index (χ1n) is 5.62. The Kier molecular flexibility index (Phi) is 2.41. The van der Waals surface area contributed by atoms with E-state index in [4.69, 9.17) is 10.5 Å². The Labute approximate surface area is 90.8 Å². The first-order chi connectivity index (χ1) is 6.87. The molecule has 0 aromatic rings. The summed E-state index contributed by atoms with van der Waals surface area (Å²) in [6, 6.07) is 0.605.